The number of nitrogens with zero attached hydrogens (tertiary/aromatic N) is 8. The Hall–Kier alpha value is -5.54. The highest BCUT2D eigenvalue weighted by Gasteiger charge is 2.40. The zero-order valence-corrected chi connectivity index (χ0v) is 38.6. The zero-order valence-electron chi connectivity index (χ0n) is 38.6. The summed E-state index contributed by atoms with van der Waals surface area (Å²) in [5, 5.41) is 14.3. The van der Waals surface area contributed by atoms with Crippen molar-refractivity contribution < 1.29 is 24.0 Å². The van der Waals surface area contributed by atoms with Crippen LogP contribution in [0.25, 0.3) is 6.08 Å². The molecule has 2 N–H and O–H groups in total. The predicted molar refractivity (Wildman–Crippen MR) is 253 cm³/mol. The van der Waals surface area contributed by atoms with E-state index in [0.717, 1.165) is 140 Å². The SMILES string of the molecule is O=C(/C=C/c1cccnc1)NCCCCC1CCN(C(=O)c2ccc(N3CCC(N4CCN(CCCCCCCc5cccc6c5CN(C5CCC(=O)NC5=O)C6=O)CC4)CC3)nn2)CC1. The van der Waals surface area contributed by atoms with Crippen LogP contribution >= 0.6 is 0 Å². The maximum Gasteiger partial charge on any atom is 0.274 e. The van der Waals surface area contributed by atoms with Crippen molar-refractivity contribution in [2.24, 2.45) is 5.92 Å². The van der Waals surface area contributed by atoms with Crippen molar-refractivity contribution in [3.05, 3.63) is 88.9 Å². The first-order chi connectivity index (χ1) is 32.3. The largest absolute Gasteiger partial charge is 0.355 e. The van der Waals surface area contributed by atoms with Crippen molar-refractivity contribution >= 4 is 41.4 Å². The Morgan fingerprint density at radius 1 is 0.788 bits per heavy atom. The van der Waals surface area contributed by atoms with Crippen molar-refractivity contribution in [2.45, 2.75) is 115 Å². The normalized spacial score (nSPS) is 20.3. The molecule has 1 unspecified atom stereocenters. The molecule has 0 spiro atoms. The molecule has 0 saturated carbocycles. The van der Waals surface area contributed by atoms with Gasteiger partial charge in [0.2, 0.25) is 17.7 Å². The van der Waals surface area contributed by atoms with E-state index in [1.54, 1.807) is 29.4 Å². The van der Waals surface area contributed by atoms with Gasteiger partial charge in [-0.2, -0.15) is 0 Å². The lowest BCUT2D eigenvalue weighted by atomic mass is 9.91. The van der Waals surface area contributed by atoms with Crippen molar-refractivity contribution in [1.82, 2.24) is 45.4 Å². The molecule has 3 aromatic rings. The number of benzene rings is 1. The first-order valence-electron chi connectivity index (χ1n) is 24.7. The summed E-state index contributed by atoms with van der Waals surface area (Å²) in [6.07, 6.45) is 21.5. The summed E-state index contributed by atoms with van der Waals surface area (Å²) in [7, 11) is 0. The van der Waals surface area contributed by atoms with Gasteiger partial charge in [0.05, 0.1) is 0 Å². The van der Waals surface area contributed by atoms with E-state index in [0.29, 0.717) is 42.7 Å². The van der Waals surface area contributed by atoms with Crippen LogP contribution in [0.4, 0.5) is 5.82 Å². The average molecular weight is 901 g/mol. The molecule has 1 aromatic carbocycles. The third kappa shape index (κ3) is 12.5. The van der Waals surface area contributed by atoms with E-state index in [1.165, 1.54) is 24.8 Å². The number of aromatic nitrogens is 3. The number of rotatable bonds is 19. The number of hydrogen-bond donors (Lipinski definition) is 2. The molecule has 4 fully saturated rings. The molecular weight excluding hydrogens is 833 g/mol. The van der Waals surface area contributed by atoms with E-state index in [9.17, 15) is 24.0 Å². The molecule has 4 saturated heterocycles. The van der Waals surface area contributed by atoms with Crippen LogP contribution in [-0.2, 0) is 27.3 Å². The fourth-order valence-electron chi connectivity index (χ4n) is 10.5. The molecule has 352 valence electrons. The minimum Gasteiger partial charge on any atom is -0.355 e. The van der Waals surface area contributed by atoms with Gasteiger partial charge in [-0.1, -0.05) is 50.3 Å². The Labute approximate surface area is 389 Å². The quantitative estimate of drug-likeness (QED) is 0.0917. The van der Waals surface area contributed by atoms with Crippen molar-refractivity contribution in [3.8, 4) is 0 Å². The highest BCUT2D eigenvalue weighted by molar-refractivity contribution is 6.05. The van der Waals surface area contributed by atoms with Gasteiger partial charge in [-0.25, -0.2) is 0 Å². The maximum absolute atomic E-state index is 13.3. The number of piperazine rings is 1. The van der Waals surface area contributed by atoms with Gasteiger partial charge in [0.1, 0.15) is 6.04 Å². The number of anilines is 1. The van der Waals surface area contributed by atoms with Crippen LogP contribution in [0.3, 0.4) is 0 Å². The number of nitrogens with one attached hydrogen (secondary N) is 2. The fraction of sp³-hybridized carbons (Fsp3) is 0.569. The Balaban J connectivity index is 0.649. The number of amides is 5. The van der Waals surface area contributed by atoms with E-state index in [1.807, 2.05) is 41.3 Å². The number of pyridine rings is 1. The third-order valence-electron chi connectivity index (χ3n) is 14.5. The topological polar surface area (TPSA) is 164 Å². The Morgan fingerprint density at radius 3 is 2.35 bits per heavy atom. The smallest absolute Gasteiger partial charge is 0.274 e. The number of carbonyl (C=O) groups is 5. The fourth-order valence-corrected chi connectivity index (χ4v) is 10.5. The van der Waals surface area contributed by atoms with Crippen molar-refractivity contribution in [3.63, 3.8) is 0 Å². The van der Waals surface area contributed by atoms with Crippen molar-refractivity contribution in [1.29, 1.82) is 0 Å². The van der Waals surface area contributed by atoms with E-state index in [2.05, 4.69) is 46.6 Å². The predicted octanol–water partition coefficient (Wildman–Crippen LogP) is 5.26. The molecule has 5 aliphatic heterocycles. The van der Waals surface area contributed by atoms with E-state index in [4.69, 9.17) is 0 Å². The highest BCUT2D eigenvalue weighted by Crippen LogP contribution is 2.31. The third-order valence-corrected chi connectivity index (χ3v) is 14.5. The zero-order chi connectivity index (χ0) is 45.7. The first kappa shape index (κ1) is 47.0. The number of piperidine rings is 3. The van der Waals surface area contributed by atoms with Crippen LogP contribution in [-0.4, -0.2) is 142 Å². The number of imide groups is 1. The molecule has 5 amide bonds. The van der Waals surface area contributed by atoms with Crippen LogP contribution in [0.1, 0.15) is 127 Å². The molecule has 1 atom stereocenters. The van der Waals surface area contributed by atoms with Gasteiger partial charge < -0.3 is 24.9 Å². The second-order valence-corrected chi connectivity index (χ2v) is 18.9. The van der Waals surface area contributed by atoms with Gasteiger partial charge in [-0.15, -0.1) is 10.2 Å². The molecule has 8 rings (SSSR count). The monoisotopic (exact) mass is 901 g/mol. The number of fused-ring (bicyclic) bond motifs is 1. The minimum atomic E-state index is -0.574. The lowest BCUT2D eigenvalue weighted by Crippen LogP contribution is -2.53. The average Bonchev–Trinajstić information content (AvgIpc) is 3.69. The lowest BCUT2D eigenvalue weighted by Gasteiger charge is -2.43. The highest BCUT2D eigenvalue weighted by atomic mass is 16.2. The summed E-state index contributed by atoms with van der Waals surface area (Å²) in [6.45, 7) is 10.1. The molecule has 2 aromatic heterocycles. The first-order valence-corrected chi connectivity index (χ1v) is 24.7. The number of likely N-dealkylation sites (tertiary alicyclic amines) is 1. The molecular formula is C51H68N10O5. The summed E-state index contributed by atoms with van der Waals surface area (Å²) in [5.41, 5.74) is 4.28. The molecule has 15 nitrogen and oxygen atoms in total. The van der Waals surface area contributed by atoms with E-state index in [-0.39, 0.29) is 36.0 Å². The molecule has 0 radical (unpaired) electrons. The van der Waals surface area contributed by atoms with Gasteiger partial charge >= 0.3 is 0 Å². The summed E-state index contributed by atoms with van der Waals surface area (Å²) < 4.78 is 0. The number of carbonyl (C=O) groups excluding carboxylic acids is 5. The van der Waals surface area contributed by atoms with Gasteiger partial charge in [-0.05, 0) is 117 Å². The summed E-state index contributed by atoms with van der Waals surface area (Å²) in [4.78, 5) is 78.0. The molecule has 66 heavy (non-hydrogen) atoms. The standard InChI is InChI=1S/C51H68N10O5/c62-47(19-15-39-11-9-25-52-36-39)53-26-6-5-10-38-21-28-60(29-22-38)51(66)44-16-18-46(56-55-44)59-30-23-41(24-31-59)58-34-32-57(33-35-58)27-7-3-1-2-4-12-40-13-8-14-42-43(40)37-61(50(42)65)45-17-20-48(63)54-49(45)64/h8-9,11,13-16,18-19,25,36,38,41,45H,1-7,10,12,17,20-24,26-35,37H2,(H,53,62)(H,54,63,64)/b19-15+. The van der Waals surface area contributed by atoms with Gasteiger partial charge in [0.15, 0.2) is 11.5 Å². The molecule has 7 heterocycles. The van der Waals surface area contributed by atoms with Crippen LogP contribution in [0.2, 0.25) is 0 Å². The van der Waals surface area contributed by atoms with Crippen LogP contribution in [0, 0.1) is 5.92 Å². The molecule has 0 bridgehead atoms. The minimum absolute atomic E-state index is 0.0294. The van der Waals surface area contributed by atoms with Gasteiger partial charge in [0, 0.05) is 102 Å². The second kappa shape index (κ2) is 23.3. The summed E-state index contributed by atoms with van der Waals surface area (Å²) in [5.74, 6) is 0.607. The number of unbranched alkanes of at least 4 members (excludes halogenated alkanes) is 5. The summed E-state index contributed by atoms with van der Waals surface area (Å²) in [6, 6.07) is 13.5. The molecule has 5 aliphatic rings. The van der Waals surface area contributed by atoms with Gasteiger partial charge in [0.25, 0.3) is 11.8 Å². The summed E-state index contributed by atoms with van der Waals surface area (Å²) >= 11 is 0. The van der Waals surface area contributed by atoms with Gasteiger partial charge in [-0.3, -0.25) is 39.2 Å². The van der Waals surface area contributed by atoms with Crippen LogP contribution in [0.5, 0.6) is 0 Å². The Bertz CT molecular complexity index is 2140. The van der Waals surface area contributed by atoms with E-state index < -0.39 is 6.04 Å². The maximum atomic E-state index is 13.3. The lowest BCUT2D eigenvalue weighted by molar-refractivity contribution is -0.137. The van der Waals surface area contributed by atoms with E-state index >= 15 is 0 Å². The number of hydrogen-bond acceptors (Lipinski definition) is 11. The molecule has 0 aliphatic carbocycles. The van der Waals surface area contributed by atoms with Crippen LogP contribution < -0.4 is 15.5 Å². The number of aryl methyl sites for hydroxylation is 1. The van der Waals surface area contributed by atoms with Crippen molar-refractivity contribution in [2.75, 3.05) is 70.3 Å². The van der Waals surface area contributed by atoms with Crippen LogP contribution in [0.15, 0.2) is 60.9 Å². The Morgan fingerprint density at radius 2 is 1.59 bits per heavy atom. The molecule has 15 heteroatoms. The second-order valence-electron chi connectivity index (χ2n) is 18.9. The Kier molecular flexibility index (Phi) is 16.6.